The van der Waals surface area contributed by atoms with Gasteiger partial charge in [-0.3, -0.25) is 4.79 Å². The first-order valence-corrected chi connectivity index (χ1v) is 8.44. The number of halogens is 2. The average molecular weight is 348 g/mol. The Morgan fingerprint density at radius 1 is 1.28 bits per heavy atom. The molecule has 1 aromatic heterocycles. The van der Waals surface area contributed by atoms with Gasteiger partial charge in [-0.1, -0.05) is 0 Å². The van der Waals surface area contributed by atoms with Crippen molar-refractivity contribution in [3.63, 3.8) is 0 Å². The molecule has 1 fully saturated rings. The number of amides is 1. The molecule has 2 heterocycles. The van der Waals surface area contributed by atoms with Crippen LogP contribution in [0, 0.1) is 25.5 Å². The number of hydrogen-bond acceptors (Lipinski definition) is 2. The topological polar surface area (TPSA) is 45.5 Å². The number of benzene rings is 1. The zero-order chi connectivity index (χ0) is 18.3. The lowest BCUT2D eigenvalue weighted by atomic mass is 10.0. The Balaban J connectivity index is 2.00. The van der Waals surface area contributed by atoms with Crippen molar-refractivity contribution in [1.29, 1.82) is 0 Å². The molecule has 0 bridgehead atoms. The quantitative estimate of drug-likeness (QED) is 0.925. The van der Waals surface area contributed by atoms with Crippen LogP contribution < -0.4 is 0 Å². The van der Waals surface area contributed by atoms with Crippen molar-refractivity contribution in [3.8, 4) is 0 Å². The van der Waals surface area contributed by atoms with E-state index in [9.17, 15) is 18.7 Å². The van der Waals surface area contributed by atoms with Crippen LogP contribution in [0.3, 0.4) is 0 Å². The second-order valence-corrected chi connectivity index (χ2v) is 6.56. The molecule has 3 rings (SSSR count). The van der Waals surface area contributed by atoms with Gasteiger partial charge in [0.25, 0.3) is 5.91 Å². The molecule has 1 aliphatic heterocycles. The maximum atomic E-state index is 14.2. The number of carbonyl (C=O) groups excluding carboxylic acids is 1. The molecule has 25 heavy (non-hydrogen) atoms. The van der Waals surface area contributed by atoms with Crippen LogP contribution in [-0.4, -0.2) is 33.1 Å². The minimum atomic E-state index is -0.758. The second kappa shape index (κ2) is 6.59. The number of rotatable bonds is 3. The molecule has 0 spiro atoms. The molecule has 134 valence electrons. The molecular formula is C19H22F2N2O2. The molecule has 0 saturated carbocycles. The molecule has 2 aromatic rings. The normalized spacial score (nSPS) is 20.3. The largest absolute Gasteiger partial charge is 0.391 e. The van der Waals surface area contributed by atoms with Crippen LogP contribution in [0.2, 0.25) is 0 Å². The summed E-state index contributed by atoms with van der Waals surface area (Å²) in [6.45, 7) is 6.65. The first kappa shape index (κ1) is 17.6. The fourth-order valence-corrected chi connectivity index (χ4v) is 3.76. The van der Waals surface area contributed by atoms with Crippen molar-refractivity contribution in [1.82, 2.24) is 9.47 Å². The van der Waals surface area contributed by atoms with Gasteiger partial charge in [0.15, 0.2) is 0 Å². The highest BCUT2D eigenvalue weighted by Gasteiger charge is 2.38. The first-order chi connectivity index (χ1) is 11.8. The van der Waals surface area contributed by atoms with Gasteiger partial charge in [0.05, 0.1) is 17.7 Å². The second-order valence-electron chi connectivity index (χ2n) is 6.56. The van der Waals surface area contributed by atoms with E-state index in [-0.39, 0.29) is 24.4 Å². The lowest BCUT2D eigenvalue weighted by molar-refractivity contribution is 0.0713. The van der Waals surface area contributed by atoms with Gasteiger partial charge in [-0.05, 0) is 51.5 Å². The lowest BCUT2D eigenvalue weighted by Crippen LogP contribution is -2.32. The summed E-state index contributed by atoms with van der Waals surface area (Å²) in [5.74, 6) is -1.40. The van der Waals surface area contributed by atoms with Gasteiger partial charge in [0.1, 0.15) is 11.6 Å². The van der Waals surface area contributed by atoms with Gasteiger partial charge >= 0.3 is 0 Å². The third-order valence-electron chi connectivity index (χ3n) is 4.98. The SMILES string of the molecule is CCn1c(C)cc(C(=O)N2CC(O)CC2c2cc(F)ccc2F)c1C. The number of aromatic nitrogens is 1. The Labute approximate surface area is 145 Å². The van der Waals surface area contributed by atoms with E-state index in [1.165, 1.54) is 4.90 Å². The summed E-state index contributed by atoms with van der Waals surface area (Å²) in [7, 11) is 0. The molecule has 2 atom stereocenters. The maximum Gasteiger partial charge on any atom is 0.256 e. The van der Waals surface area contributed by atoms with Crippen LogP contribution in [0.1, 0.15) is 46.7 Å². The van der Waals surface area contributed by atoms with Crippen molar-refractivity contribution >= 4 is 5.91 Å². The molecule has 1 amide bonds. The predicted octanol–water partition coefficient (Wildman–Crippen LogP) is 3.35. The fraction of sp³-hybridized carbons (Fsp3) is 0.421. The molecule has 4 nitrogen and oxygen atoms in total. The number of likely N-dealkylation sites (tertiary alicyclic amines) is 1. The Morgan fingerprint density at radius 3 is 2.64 bits per heavy atom. The molecule has 0 aliphatic carbocycles. The predicted molar refractivity (Wildman–Crippen MR) is 90.3 cm³/mol. The number of aryl methyl sites for hydroxylation is 1. The molecule has 1 aliphatic rings. The molecule has 6 heteroatoms. The molecule has 1 saturated heterocycles. The Hall–Kier alpha value is -2.21. The van der Waals surface area contributed by atoms with Crippen molar-refractivity contribution in [2.45, 2.75) is 45.9 Å². The Morgan fingerprint density at radius 2 is 2.00 bits per heavy atom. The zero-order valence-electron chi connectivity index (χ0n) is 14.6. The van der Waals surface area contributed by atoms with Crippen molar-refractivity contribution in [3.05, 3.63) is 58.4 Å². The van der Waals surface area contributed by atoms with Crippen LogP contribution in [0.15, 0.2) is 24.3 Å². The summed E-state index contributed by atoms with van der Waals surface area (Å²) in [5.41, 5.74) is 2.45. The summed E-state index contributed by atoms with van der Waals surface area (Å²) in [6, 6.07) is 4.34. The number of aliphatic hydroxyl groups is 1. The van der Waals surface area contributed by atoms with E-state index < -0.39 is 23.8 Å². The maximum absolute atomic E-state index is 14.2. The standard InChI is InChI=1S/C19H22F2N2O2/c1-4-22-11(2)7-15(12(22)3)19(25)23-10-14(24)9-18(23)16-8-13(20)5-6-17(16)21/h5-8,14,18,24H,4,9-10H2,1-3H3. The monoisotopic (exact) mass is 348 g/mol. The average Bonchev–Trinajstić information content (AvgIpc) is 3.09. The van der Waals surface area contributed by atoms with Gasteiger partial charge in [-0.2, -0.15) is 0 Å². The molecule has 1 N–H and O–H groups in total. The molecule has 1 aromatic carbocycles. The van der Waals surface area contributed by atoms with Gasteiger partial charge in [0, 0.05) is 30.0 Å². The van der Waals surface area contributed by atoms with E-state index in [2.05, 4.69) is 0 Å². The van der Waals surface area contributed by atoms with Crippen molar-refractivity contribution < 1.29 is 18.7 Å². The van der Waals surface area contributed by atoms with E-state index >= 15 is 0 Å². The van der Waals surface area contributed by atoms with E-state index in [4.69, 9.17) is 0 Å². The summed E-state index contributed by atoms with van der Waals surface area (Å²) in [6.07, 6.45) is -0.565. The smallest absolute Gasteiger partial charge is 0.256 e. The van der Waals surface area contributed by atoms with Crippen molar-refractivity contribution in [2.24, 2.45) is 0 Å². The first-order valence-electron chi connectivity index (χ1n) is 8.44. The van der Waals surface area contributed by atoms with E-state index in [0.29, 0.717) is 5.56 Å². The summed E-state index contributed by atoms with van der Waals surface area (Å²) < 4.78 is 29.8. The molecular weight excluding hydrogens is 326 g/mol. The number of carbonyl (C=O) groups is 1. The Bertz CT molecular complexity index is 816. The summed E-state index contributed by atoms with van der Waals surface area (Å²) >= 11 is 0. The highest BCUT2D eigenvalue weighted by atomic mass is 19.1. The lowest BCUT2D eigenvalue weighted by Gasteiger charge is -2.25. The fourth-order valence-electron chi connectivity index (χ4n) is 3.76. The van der Waals surface area contributed by atoms with Crippen molar-refractivity contribution in [2.75, 3.05) is 6.54 Å². The van der Waals surface area contributed by atoms with Gasteiger partial charge in [-0.25, -0.2) is 8.78 Å². The molecule has 0 radical (unpaired) electrons. The minimum absolute atomic E-state index is 0.106. The van der Waals surface area contributed by atoms with Crippen LogP contribution in [0.5, 0.6) is 0 Å². The van der Waals surface area contributed by atoms with E-state index in [1.54, 1.807) is 0 Å². The highest BCUT2D eigenvalue weighted by Crippen LogP contribution is 2.35. The Kier molecular flexibility index (Phi) is 4.64. The van der Waals surface area contributed by atoms with Crippen LogP contribution in [0.4, 0.5) is 8.78 Å². The van der Waals surface area contributed by atoms with E-state index in [1.807, 2.05) is 31.4 Å². The van der Waals surface area contributed by atoms with Gasteiger partial charge in [-0.15, -0.1) is 0 Å². The summed E-state index contributed by atoms with van der Waals surface area (Å²) in [5, 5.41) is 10.0. The highest BCUT2D eigenvalue weighted by molar-refractivity contribution is 5.96. The number of nitrogens with zero attached hydrogens (tertiary/aromatic N) is 2. The van der Waals surface area contributed by atoms with Crippen LogP contribution >= 0.6 is 0 Å². The van der Waals surface area contributed by atoms with Gasteiger partial charge < -0.3 is 14.6 Å². The number of β-amino-alcohol motifs (C(OH)–C–C–N with tert-alkyl or cyclic N) is 1. The zero-order valence-corrected chi connectivity index (χ0v) is 14.6. The number of hydrogen-bond donors (Lipinski definition) is 1. The molecule has 2 unspecified atom stereocenters. The third-order valence-corrected chi connectivity index (χ3v) is 4.98. The third kappa shape index (κ3) is 3.06. The van der Waals surface area contributed by atoms with Gasteiger partial charge in [0.2, 0.25) is 0 Å². The van der Waals surface area contributed by atoms with Crippen LogP contribution in [-0.2, 0) is 6.54 Å². The number of aliphatic hydroxyl groups excluding tert-OH is 1. The van der Waals surface area contributed by atoms with Crippen LogP contribution in [0.25, 0.3) is 0 Å². The van der Waals surface area contributed by atoms with E-state index in [0.717, 1.165) is 36.1 Å². The summed E-state index contributed by atoms with van der Waals surface area (Å²) in [4.78, 5) is 14.5. The minimum Gasteiger partial charge on any atom is -0.391 e.